The summed E-state index contributed by atoms with van der Waals surface area (Å²) in [6, 6.07) is 3.95. The fourth-order valence-corrected chi connectivity index (χ4v) is 2.87. The van der Waals surface area contributed by atoms with Crippen LogP contribution in [0.15, 0.2) is 30.6 Å². The van der Waals surface area contributed by atoms with E-state index in [-0.39, 0.29) is 34.9 Å². The van der Waals surface area contributed by atoms with E-state index >= 15 is 0 Å². The van der Waals surface area contributed by atoms with Crippen molar-refractivity contribution in [3.63, 3.8) is 0 Å². The number of rotatable bonds is 5. The van der Waals surface area contributed by atoms with Crippen LogP contribution in [0.5, 0.6) is 5.75 Å². The first kappa shape index (κ1) is 18.6. The number of aliphatic hydroxyl groups excluding tert-OH is 1. The number of carbonyl (C=O) groups excluding carboxylic acids is 1. The van der Waals surface area contributed by atoms with E-state index in [0.29, 0.717) is 0 Å². The van der Waals surface area contributed by atoms with Crippen molar-refractivity contribution in [1.82, 2.24) is 9.97 Å². The number of halogens is 4. The van der Waals surface area contributed by atoms with Gasteiger partial charge in [-0.3, -0.25) is 0 Å². The number of alkyl halides is 2. The van der Waals surface area contributed by atoms with E-state index in [9.17, 15) is 13.6 Å². The van der Waals surface area contributed by atoms with Crippen molar-refractivity contribution in [2.75, 3.05) is 18.1 Å². The van der Waals surface area contributed by atoms with Crippen LogP contribution in [0.1, 0.15) is 5.56 Å². The van der Waals surface area contributed by atoms with Crippen LogP contribution in [0.2, 0.25) is 10.0 Å². The number of aromatic nitrogens is 2. The Morgan fingerprint density at radius 2 is 1.92 bits per heavy atom. The number of anilines is 1. The molecule has 26 heavy (non-hydrogen) atoms. The lowest BCUT2D eigenvalue weighted by molar-refractivity contribution is -0.185. The zero-order valence-electron chi connectivity index (χ0n) is 12.9. The van der Waals surface area contributed by atoms with Gasteiger partial charge in [-0.05, 0) is 12.1 Å². The summed E-state index contributed by atoms with van der Waals surface area (Å²) in [7, 11) is 0. The minimum Gasteiger partial charge on any atom is -0.441 e. The highest BCUT2D eigenvalue weighted by atomic mass is 35.5. The Bertz CT molecular complexity index is 803. The molecule has 1 fully saturated rings. The van der Waals surface area contributed by atoms with Gasteiger partial charge in [0.15, 0.2) is 5.75 Å². The fourth-order valence-electron chi connectivity index (χ4n) is 2.26. The smallest absolute Gasteiger partial charge is 0.429 e. The zero-order valence-corrected chi connectivity index (χ0v) is 14.4. The average molecular weight is 406 g/mol. The molecule has 138 valence electrons. The molecule has 1 aromatic heterocycles. The van der Waals surface area contributed by atoms with Gasteiger partial charge < -0.3 is 14.6 Å². The first-order valence-corrected chi connectivity index (χ1v) is 8.00. The third kappa shape index (κ3) is 3.64. The van der Waals surface area contributed by atoms with Crippen LogP contribution in [-0.4, -0.2) is 40.4 Å². The van der Waals surface area contributed by atoms with E-state index in [4.69, 9.17) is 33.0 Å². The third-order valence-electron chi connectivity index (χ3n) is 3.43. The molecule has 0 bridgehead atoms. The van der Waals surface area contributed by atoms with E-state index in [1.54, 1.807) is 0 Å². The first-order chi connectivity index (χ1) is 12.3. The lowest BCUT2D eigenvalue weighted by atomic mass is 10.2. The maximum atomic E-state index is 14.4. The quantitative estimate of drug-likeness (QED) is 0.821. The number of hydrogen-bond donors (Lipinski definition) is 1. The summed E-state index contributed by atoms with van der Waals surface area (Å²) < 4.78 is 38.2. The van der Waals surface area contributed by atoms with Gasteiger partial charge >= 0.3 is 12.2 Å². The Balaban J connectivity index is 1.78. The minimum atomic E-state index is -3.82. The fraction of sp³-hybridized carbons (Fsp3) is 0.267. The van der Waals surface area contributed by atoms with Gasteiger partial charge in [0, 0.05) is 0 Å². The van der Waals surface area contributed by atoms with Crippen LogP contribution in [0.25, 0.3) is 0 Å². The topological polar surface area (TPSA) is 84.8 Å². The molecule has 0 spiro atoms. The summed E-state index contributed by atoms with van der Waals surface area (Å²) in [5.41, 5.74) is -0.679. The van der Waals surface area contributed by atoms with Crippen molar-refractivity contribution >= 4 is 35.2 Å². The molecule has 1 saturated heterocycles. The molecular formula is C15H11Cl2F2N3O4. The normalized spacial score (nSPS) is 17.3. The van der Waals surface area contributed by atoms with Gasteiger partial charge in [-0.15, -0.1) is 0 Å². The van der Waals surface area contributed by atoms with Gasteiger partial charge in [0.05, 0.1) is 35.6 Å². The molecule has 1 aliphatic heterocycles. The molecule has 7 nitrogen and oxygen atoms in total. The highest BCUT2D eigenvalue weighted by Crippen LogP contribution is 2.39. The molecule has 1 aliphatic rings. The van der Waals surface area contributed by atoms with Gasteiger partial charge in [-0.25, -0.2) is 19.7 Å². The van der Waals surface area contributed by atoms with Crippen LogP contribution < -0.4 is 9.64 Å². The number of hydrogen-bond acceptors (Lipinski definition) is 6. The van der Waals surface area contributed by atoms with Gasteiger partial charge in [-0.1, -0.05) is 29.3 Å². The summed E-state index contributed by atoms with van der Waals surface area (Å²) in [6.07, 6.45) is -3.32. The highest BCUT2D eigenvalue weighted by Gasteiger charge is 2.39. The maximum absolute atomic E-state index is 14.4. The second-order valence-corrected chi connectivity index (χ2v) is 6.05. The number of benzene rings is 1. The Kier molecular flexibility index (Phi) is 5.12. The van der Waals surface area contributed by atoms with Crippen molar-refractivity contribution in [2.24, 2.45) is 0 Å². The van der Waals surface area contributed by atoms with Crippen LogP contribution in [0.3, 0.4) is 0 Å². The maximum Gasteiger partial charge on any atom is 0.429 e. The monoisotopic (exact) mass is 405 g/mol. The van der Waals surface area contributed by atoms with Gasteiger partial charge in [0.1, 0.15) is 11.7 Å². The lowest BCUT2D eigenvalue weighted by Crippen LogP contribution is -2.27. The predicted octanol–water partition coefficient (Wildman–Crippen LogP) is 3.23. The van der Waals surface area contributed by atoms with E-state index in [2.05, 4.69) is 14.7 Å². The summed E-state index contributed by atoms with van der Waals surface area (Å²) in [5, 5.41) is 8.49. The Labute approximate surface area is 156 Å². The van der Waals surface area contributed by atoms with E-state index in [1.165, 1.54) is 18.2 Å². The van der Waals surface area contributed by atoms with Crippen molar-refractivity contribution in [3.05, 3.63) is 46.2 Å². The summed E-state index contributed by atoms with van der Waals surface area (Å²) in [6.45, 7) is -0.310. The standard InChI is InChI=1S/C15H11Cl2F2N3O4/c16-10-2-1-3-11(17)12(10)15(18,19)26-8-4-20-13(21-5-8)22-6-9(7-23)25-14(22)24/h1-5,9,23H,6-7H2. The average Bonchev–Trinajstić information content (AvgIpc) is 2.96. The van der Waals surface area contributed by atoms with Crippen molar-refractivity contribution in [2.45, 2.75) is 12.2 Å². The molecule has 1 amide bonds. The molecule has 0 saturated carbocycles. The first-order valence-electron chi connectivity index (χ1n) is 7.24. The molecule has 1 atom stereocenters. The molecule has 11 heteroatoms. The molecule has 1 aromatic carbocycles. The minimum absolute atomic E-state index is 0.0426. The van der Waals surface area contributed by atoms with Gasteiger partial charge in [-0.2, -0.15) is 8.78 Å². The molecule has 2 heterocycles. The summed E-state index contributed by atoms with van der Waals surface area (Å²) in [4.78, 5) is 20.3. The number of carbonyl (C=O) groups is 1. The molecule has 2 aromatic rings. The van der Waals surface area contributed by atoms with Gasteiger partial charge in [0.2, 0.25) is 5.95 Å². The number of aliphatic hydroxyl groups is 1. The number of nitrogens with zero attached hydrogens (tertiary/aromatic N) is 3. The number of ether oxygens (including phenoxy) is 2. The van der Waals surface area contributed by atoms with Crippen LogP contribution in [0, 0.1) is 0 Å². The molecule has 1 N–H and O–H groups in total. The van der Waals surface area contributed by atoms with E-state index in [1.807, 2.05) is 0 Å². The Morgan fingerprint density at radius 1 is 1.31 bits per heavy atom. The summed E-state index contributed by atoms with van der Waals surface area (Å²) in [5.74, 6) is -0.432. The SMILES string of the molecule is O=C1OC(CO)CN1c1ncc(OC(F)(F)c2c(Cl)cccc2Cl)cn1. The molecule has 0 aliphatic carbocycles. The molecule has 3 rings (SSSR count). The second kappa shape index (κ2) is 7.18. The molecule has 0 radical (unpaired) electrons. The van der Waals surface area contributed by atoms with Gasteiger partial charge in [0.25, 0.3) is 0 Å². The van der Waals surface area contributed by atoms with Crippen LogP contribution >= 0.6 is 23.2 Å². The van der Waals surface area contributed by atoms with Crippen molar-refractivity contribution < 1.29 is 28.2 Å². The Morgan fingerprint density at radius 3 is 2.46 bits per heavy atom. The van der Waals surface area contributed by atoms with E-state index in [0.717, 1.165) is 17.3 Å². The van der Waals surface area contributed by atoms with Crippen molar-refractivity contribution in [1.29, 1.82) is 0 Å². The number of amides is 1. The zero-order chi connectivity index (χ0) is 18.9. The highest BCUT2D eigenvalue weighted by molar-refractivity contribution is 6.36. The molecule has 1 unspecified atom stereocenters. The van der Waals surface area contributed by atoms with Crippen molar-refractivity contribution in [3.8, 4) is 5.75 Å². The largest absolute Gasteiger partial charge is 0.441 e. The predicted molar refractivity (Wildman–Crippen MR) is 87.7 cm³/mol. The van der Waals surface area contributed by atoms with E-state index < -0.39 is 23.9 Å². The summed E-state index contributed by atoms with van der Waals surface area (Å²) >= 11 is 11.6. The van der Waals surface area contributed by atoms with Crippen LogP contribution in [0.4, 0.5) is 19.5 Å². The number of cyclic esters (lactones) is 1. The molecular weight excluding hydrogens is 395 g/mol. The Hall–Kier alpha value is -2.23. The van der Waals surface area contributed by atoms with Crippen LogP contribution in [-0.2, 0) is 10.8 Å². The second-order valence-electron chi connectivity index (χ2n) is 5.23. The lowest BCUT2D eigenvalue weighted by Gasteiger charge is -2.20. The third-order valence-corrected chi connectivity index (χ3v) is 4.06.